The van der Waals surface area contributed by atoms with E-state index in [1.807, 2.05) is 24.3 Å². The third-order valence-electron chi connectivity index (χ3n) is 3.50. The fourth-order valence-corrected chi connectivity index (χ4v) is 2.12. The van der Waals surface area contributed by atoms with Gasteiger partial charge in [-0.2, -0.15) is 5.10 Å². The summed E-state index contributed by atoms with van der Waals surface area (Å²) < 4.78 is 5.41. The Labute approximate surface area is 151 Å². The quantitative estimate of drug-likeness (QED) is 0.341. The van der Waals surface area contributed by atoms with Crippen LogP contribution in [0.3, 0.4) is 0 Å². The Morgan fingerprint density at radius 2 is 1.88 bits per heavy atom. The highest BCUT2D eigenvalue weighted by atomic mass is 16.6. The molecule has 0 atom stereocenters. The van der Waals surface area contributed by atoms with Gasteiger partial charge >= 0.3 is 0 Å². The minimum absolute atomic E-state index is 0.0106. The SMILES string of the molecule is C=CCOc1ccc(/C(C)=N/NC(=O)Cc2ccc([N+](=O)[O-])cc2)cc1. The molecule has 0 heterocycles. The van der Waals surface area contributed by atoms with E-state index in [1.165, 1.54) is 12.1 Å². The van der Waals surface area contributed by atoms with Crippen LogP contribution >= 0.6 is 0 Å². The van der Waals surface area contributed by atoms with Crippen LogP contribution < -0.4 is 10.2 Å². The maximum absolute atomic E-state index is 12.0. The Kier molecular flexibility index (Phi) is 6.61. The van der Waals surface area contributed by atoms with Gasteiger partial charge in [0.25, 0.3) is 5.69 Å². The maximum Gasteiger partial charge on any atom is 0.269 e. The molecule has 134 valence electrons. The van der Waals surface area contributed by atoms with Crippen molar-refractivity contribution in [1.82, 2.24) is 5.43 Å². The highest BCUT2D eigenvalue weighted by Crippen LogP contribution is 2.13. The Morgan fingerprint density at radius 1 is 1.23 bits per heavy atom. The van der Waals surface area contributed by atoms with Crippen molar-refractivity contribution < 1.29 is 14.5 Å². The molecule has 0 fully saturated rings. The second kappa shape index (κ2) is 9.12. The molecule has 0 aromatic heterocycles. The van der Waals surface area contributed by atoms with Crippen molar-refractivity contribution in [2.75, 3.05) is 6.61 Å². The first-order valence-corrected chi connectivity index (χ1v) is 7.90. The molecular weight excluding hydrogens is 334 g/mol. The fraction of sp³-hybridized carbons (Fsp3) is 0.158. The molecule has 0 saturated carbocycles. The lowest BCUT2D eigenvalue weighted by Crippen LogP contribution is -2.21. The molecule has 0 saturated heterocycles. The number of benzene rings is 2. The number of hydrogen-bond acceptors (Lipinski definition) is 5. The van der Waals surface area contributed by atoms with Gasteiger partial charge in [0.05, 0.1) is 17.1 Å². The number of ether oxygens (including phenoxy) is 1. The van der Waals surface area contributed by atoms with Crippen LogP contribution in [0.2, 0.25) is 0 Å². The van der Waals surface area contributed by atoms with Gasteiger partial charge in [-0.05, 0) is 42.3 Å². The molecule has 0 bridgehead atoms. The number of nitro groups is 1. The van der Waals surface area contributed by atoms with E-state index in [1.54, 1.807) is 25.1 Å². The molecule has 1 N–H and O–H groups in total. The van der Waals surface area contributed by atoms with Gasteiger partial charge in [0.15, 0.2) is 0 Å². The summed E-state index contributed by atoms with van der Waals surface area (Å²) in [6, 6.07) is 13.2. The van der Waals surface area contributed by atoms with E-state index in [9.17, 15) is 14.9 Å². The molecule has 2 aromatic rings. The largest absolute Gasteiger partial charge is 0.490 e. The number of non-ortho nitro benzene ring substituents is 1. The number of carbonyl (C=O) groups is 1. The van der Waals surface area contributed by atoms with E-state index in [2.05, 4.69) is 17.1 Å². The molecule has 2 aromatic carbocycles. The van der Waals surface area contributed by atoms with Crippen molar-refractivity contribution in [3.8, 4) is 5.75 Å². The van der Waals surface area contributed by atoms with Gasteiger partial charge in [-0.15, -0.1) is 0 Å². The zero-order chi connectivity index (χ0) is 18.9. The Hall–Kier alpha value is -3.48. The number of amides is 1. The fourth-order valence-electron chi connectivity index (χ4n) is 2.12. The predicted octanol–water partition coefficient (Wildman–Crippen LogP) is 3.24. The summed E-state index contributed by atoms with van der Waals surface area (Å²) in [6.45, 7) is 5.81. The number of rotatable bonds is 8. The molecule has 0 aliphatic carbocycles. The minimum Gasteiger partial charge on any atom is -0.490 e. The van der Waals surface area contributed by atoms with E-state index < -0.39 is 4.92 Å². The zero-order valence-corrected chi connectivity index (χ0v) is 14.3. The molecule has 0 aliphatic heterocycles. The summed E-state index contributed by atoms with van der Waals surface area (Å²) in [5.41, 5.74) is 4.65. The van der Waals surface area contributed by atoms with Gasteiger partial charge in [-0.3, -0.25) is 14.9 Å². The highest BCUT2D eigenvalue weighted by molar-refractivity contribution is 5.99. The molecular formula is C19H19N3O4. The number of nitrogens with zero attached hydrogens (tertiary/aromatic N) is 2. The minimum atomic E-state index is -0.481. The lowest BCUT2D eigenvalue weighted by Gasteiger charge is -2.06. The molecule has 0 aliphatic rings. The highest BCUT2D eigenvalue weighted by Gasteiger charge is 2.07. The van der Waals surface area contributed by atoms with Crippen molar-refractivity contribution in [2.24, 2.45) is 5.10 Å². The lowest BCUT2D eigenvalue weighted by atomic mass is 10.1. The van der Waals surface area contributed by atoms with E-state index in [0.717, 1.165) is 11.3 Å². The van der Waals surface area contributed by atoms with E-state index in [-0.39, 0.29) is 18.0 Å². The Bertz CT molecular complexity index is 812. The summed E-state index contributed by atoms with van der Waals surface area (Å²) in [7, 11) is 0. The molecule has 0 radical (unpaired) electrons. The average molecular weight is 353 g/mol. The van der Waals surface area contributed by atoms with Gasteiger partial charge in [0, 0.05) is 12.1 Å². The summed E-state index contributed by atoms with van der Waals surface area (Å²) in [6.07, 6.45) is 1.75. The van der Waals surface area contributed by atoms with Crippen molar-refractivity contribution >= 4 is 17.3 Å². The second-order valence-corrected chi connectivity index (χ2v) is 5.46. The van der Waals surface area contributed by atoms with E-state index in [4.69, 9.17) is 4.74 Å². The number of carbonyl (C=O) groups excluding carboxylic acids is 1. The third kappa shape index (κ3) is 5.55. The van der Waals surface area contributed by atoms with E-state index in [0.29, 0.717) is 17.9 Å². The molecule has 0 spiro atoms. The number of nitrogens with one attached hydrogen (secondary N) is 1. The Morgan fingerprint density at radius 3 is 2.46 bits per heavy atom. The molecule has 0 unspecified atom stereocenters. The molecule has 7 nitrogen and oxygen atoms in total. The molecule has 2 rings (SSSR count). The standard InChI is InChI=1S/C19H19N3O4/c1-3-12-26-18-10-6-16(7-11-18)14(2)20-21-19(23)13-15-4-8-17(9-5-15)22(24)25/h3-11H,1,12-13H2,2H3,(H,21,23)/b20-14+. The van der Waals surface area contributed by atoms with Crippen LogP contribution in [-0.4, -0.2) is 23.1 Å². The van der Waals surface area contributed by atoms with Crippen molar-refractivity contribution in [1.29, 1.82) is 0 Å². The number of hydrogen-bond donors (Lipinski definition) is 1. The van der Waals surface area contributed by atoms with Crippen LogP contribution in [0.1, 0.15) is 18.1 Å². The van der Waals surface area contributed by atoms with E-state index >= 15 is 0 Å². The summed E-state index contributed by atoms with van der Waals surface area (Å²) in [5, 5.41) is 14.7. The van der Waals surface area contributed by atoms with Crippen molar-refractivity contribution in [3.63, 3.8) is 0 Å². The molecule has 7 heteroatoms. The first-order chi connectivity index (χ1) is 12.5. The Balaban J connectivity index is 1.91. The third-order valence-corrected chi connectivity index (χ3v) is 3.50. The zero-order valence-electron chi connectivity index (χ0n) is 14.3. The smallest absolute Gasteiger partial charge is 0.269 e. The van der Waals surface area contributed by atoms with Gasteiger partial charge in [0.2, 0.25) is 5.91 Å². The van der Waals surface area contributed by atoms with Crippen LogP contribution in [0.25, 0.3) is 0 Å². The van der Waals surface area contributed by atoms with Gasteiger partial charge in [-0.25, -0.2) is 5.43 Å². The normalized spacial score (nSPS) is 10.9. The van der Waals surface area contributed by atoms with Crippen LogP contribution in [0.4, 0.5) is 5.69 Å². The second-order valence-electron chi connectivity index (χ2n) is 5.46. The van der Waals surface area contributed by atoms with Crippen LogP contribution in [0, 0.1) is 10.1 Å². The van der Waals surface area contributed by atoms with Gasteiger partial charge in [0.1, 0.15) is 12.4 Å². The van der Waals surface area contributed by atoms with Crippen LogP contribution in [0.5, 0.6) is 5.75 Å². The monoisotopic (exact) mass is 353 g/mol. The van der Waals surface area contributed by atoms with Crippen molar-refractivity contribution in [3.05, 3.63) is 82.4 Å². The average Bonchev–Trinajstić information content (AvgIpc) is 2.65. The predicted molar refractivity (Wildman–Crippen MR) is 99.3 cm³/mol. The molecule has 26 heavy (non-hydrogen) atoms. The lowest BCUT2D eigenvalue weighted by molar-refractivity contribution is -0.384. The van der Waals surface area contributed by atoms with Gasteiger partial charge < -0.3 is 4.74 Å². The summed E-state index contributed by atoms with van der Waals surface area (Å²) in [4.78, 5) is 22.1. The topological polar surface area (TPSA) is 93.8 Å². The summed E-state index contributed by atoms with van der Waals surface area (Å²) >= 11 is 0. The summed E-state index contributed by atoms with van der Waals surface area (Å²) in [5.74, 6) is 0.424. The first kappa shape index (κ1) is 18.9. The number of nitro benzene ring substituents is 1. The van der Waals surface area contributed by atoms with Crippen LogP contribution in [-0.2, 0) is 11.2 Å². The number of hydrazone groups is 1. The van der Waals surface area contributed by atoms with Gasteiger partial charge in [-0.1, -0.05) is 24.8 Å². The first-order valence-electron chi connectivity index (χ1n) is 7.90. The van der Waals surface area contributed by atoms with Crippen LogP contribution in [0.15, 0.2) is 66.3 Å². The maximum atomic E-state index is 12.0. The molecule has 1 amide bonds. The van der Waals surface area contributed by atoms with Crippen molar-refractivity contribution in [2.45, 2.75) is 13.3 Å².